The van der Waals surface area contributed by atoms with Crippen LogP contribution in [0.25, 0.3) is 11.1 Å². The lowest BCUT2D eigenvalue weighted by atomic mass is 9.80. The summed E-state index contributed by atoms with van der Waals surface area (Å²) in [4.78, 5) is 15.7. The first-order valence-electron chi connectivity index (χ1n) is 11.1. The summed E-state index contributed by atoms with van der Waals surface area (Å²) in [7, 11) is 0. The standard InChI is InChI=1S/C25H24FN5O2/c1-15-6-8-31(12-15)17-10-20-24(29-11-17)33-21-5-4-16(18-3-2-7-28-23(18)26)9-19(21)25(20)14-32-13-22(27)30-25/h2-5,7,9-11,15H,6,8,12-14H2,1H3,(H2,27,30). The fourth-order valence-electron chi connectivity index (χ4n) is 5.01. The van der Waals surface area contributed by atoms with Gasteiger partial charge < -0.3 is 20.1 Å². The number of amidine groups is 1. The maximum absolute atomic E-state index is 14.5. The quantitative estimate of drug-likeness (QED) is 0.603. The van der Waals surface area contributed by atoms with Crippen molar-refractivity contribution >= 4 is 11.5 Å². The Balaban J connectivity index is 1.54. The summed E-state index contributed by atoms with van der Waals surface area (Å²) < 4.78 is 26.6. The molecule has 0 amide bonds. The molecule has 168 valence electrons. The van der Waals surface area contributed by atoms with E-state index in [0.717, 1.165) is 36.3 Å². The van der Waals surface area contributed by atoms with Crippen LogP contribution < -0.4 is 15.4 Å². The maximum atomic E-state index is 14.5. The number of pyridine rings is 2. The van der Waals surface area contributed by atoms with Crippen molar-refractivity contribution in [3.8, 4) is 22.8 Å². The van der Waals surface area contributed by atoms with Crippen LogP contribution in [-0.2, 0) is 10.3 Å². The summed E-state index contributed by atoms with van der Waals surface area (Å²) in [5, 5.41) is 0. The van der Waals surface area contributed by atoms with Crippen molar-refractivity contribution in [3.63, 3.8) is 0 Å². The summed E-state index contributed by atoms with van der Waals surface area (Å²) >= 11 is 0. The number of benzene rings is 1. The summed E-state index contributed by atoms with van der Waals surface area (Å²) in [5.41, 5.74) is 8.96. The first-order valence-corrected chi connectivity index (χ1v) is 11.1. The Bertz CT molecular complexity index is 1280. The predicted octanol–water partition coefficient (Wildman–Crippen LogP) is 3.87. The van der Waals surface area contributed by atoms with Crippen LogP contribution in [-0.4, -0.2) is 42.1 Å². The molecule has 2 atom stereocenters. The molecule has 3 aliphatic rings. The first-order chi connectivity index (χ1) is 16.0. The third-order valence-corrected chi connectivity index (χ3v) is 6.67. The van der Waals surface area contributed by atoms with Crippen molar-refractivity contribution in [2.75, 3.05) is 31.2 Å². The van der Waals surface area contributed by atoms with Crippen molar-refractivity contribution in [3.05, 3.63) is 65.9 Å². The van der Waals surface area contributed by atoms with Crippen LogP contribution in [0.15, 0.2) is 53.8 Å². The number of nitrogens with two attached hydrogens (primary N) is 1. The molecule has 1 spiro atoms. The molecular weight excluding hydrogens is 421 g/mol. The predicted molar refractivity (Wildman–Crippen MR) is 123 cm³/mol. The number of fused-ring (bicyclic) bond motifs is 4. The van der Waals surface area contributed by atoms with E-state index in [1.807, 2.05) is 24.4 Å². The van der Waals surface area contributed by atoms with Crippen LogP contribution in [0.3, 0.4) is 0 Å². The van der Waals surface area contributed by atoms with E-state index in [2.05, 4.69) is 27.9 Å². The van der Waals surface area contributed by atoms with Crippen molar-refractivity contribution < 1.29 is 13.9 Å². The maximum Gasteiger partial charge on any atom is 0.225 e. The van der Waals surface area contributed by atoms with E-state index in [9.17, 15) is 4.39 Å². The zero-order chi connectivity index (χ0) is 22.6. The lowest BCUT2D eigenvalue weighted by molar-refractivity contribution is 0.109. The second kappa shape index (κ2) is 7.52. The topological polar surface area (TPSA) is 85.9 Å². The number of aliphatic imine (C=N–C) groups is 1. The molecule has 3 aromatic rings. The smallest absolute Gasteiger partial charge is 0.225 e. The molecule has 1 saturated heterocycles. The van der Waals surface area contributed by atoms with E-state index >= 15 is 0 Å². The third kappa shape index (κ3) is 3.24. The van der Waals surface area contributed by atoms with Gasteiger partial charge in [-0.05, 0) is 48.2 Å². The minimum atomic E-state index is -0.922. The Kier molecular flexibility index (Phi) is 4.58. The third-order valence-electron chi connectivity index (χ3n) is 6.67. The van der Waals surface area contributed by atoms with Crippen molar-refractivity contribution in [1.29, 1.82) is 0 Å². The van der Waals surface area contributed by atoms with Crippen LogP contribution in [0.5, 0.6) is 11.6 Å². The first kappa shape index (κ1) is 20.1. The van der Waals surface area contributed by atoms with Crippen molar-refractivity contribution in [2.24, 2.45) is 16.6 Å². The molecule has 2 unspecified atom stereocenters. The normalized spacial score (nSPS) is 23.6. The lowest BCUT2D eigenvalue weighted by Crippen LogP contribution is -2.42. The van der Waals surface area contributed by atoms with E-state index in [-0.39, 0.29) is 13.2 Å². The fraction of sp³-hybridized carbons (Fsp3) is 0.320. The van der Waals surface area contributed by atoms with Crippen molar-refractivity contribution in [1.82, 2.24) is 9.97 Å². The Labute approximate surface area is 191 Å². The zero-order valence-electron chi connectivity index (χ0n) is 18.3. The molecule has 1 fully saturated rings. The van der Waals surface area contributed by atoms with E-state index < -0.39 is 11.5 Å². The largest absolute Gasteiger partial charge is 0.438 e. The van der Waals surface area contributed by atoms with Gasteiger partial charge in [0.25, 0.3) is 0 Å². The second-order valence-electron chi connectivity index (χ2n) is 9.00. The minimum absolute atomic E-state index is 0.265. The highest BCUT2D eigenvalue weighted by Gasteiger charge is 2.46. The molecule has 6 rings (SSSR count). The highest BCUT2D eigenvalue weighted by atomic mass is 19.1. The van der Waals surface area contributed by atoms with Gasteiger partial charge in [0.2, 0.25) is 11.8 Å². The molecule has 3 aliphatic heterocycles. The number of anilines is 1. The average Bonchev–Trinajstić information content (AvgIpc) is 3.26. The molecule has 0 saturated carbocycles. The van der Waals surface area contributed by atoms with Gasteiger partial charge in [0.1, 0.15) is 23.7 Å². The number of halogens is 1. The Morgan fingerprint density at radius 2 is 2.09 bits per heavy atom. The van der Waals surface area contributed by atoms with Gasteiger partial charge in [-0.2, -0.15) is 4.39 Å². The molecule has 1 aromatic carbocycles. The van der Waals surface area contributed by atoms with Crippen molar-refractivity contribution in [2.45, 2.75) is 18.9 Å². The average molecular weight is 445 g/mol. The number of hydrogen-bond acceptors (Lipinski definition) is 7. The molecule has 2 aromatic heterocycles. The number of aromatic nitrogens is 2. The van der Waals surface area contributed by atoms with E-state index in [4.69, 9.17) is 20.2 Å². The lowest BCUT2D eigenvalue weighted by Gasteiger charge is -2.39. The molecule has 0 aliphatic carbocycles. The number of ether oxygens (including phenoxy) is 2. The van der Waals surface area contributed by atoms with Gasteiger partial charge in [-0.3, -0.25) is 4.99 Å². The van der Waals surface area contributed by atoms with E-state index in [0.29, 0.717) is 34.5 Å². The van der Waals surface area contributed by atoms with E-state index in [1.165, 1.54) is 6.20 Å². The van der Waals surface area contributed by atoms with Crippen LogP contribution in [0.1, 0.15) is 24.5 Å². The van der Waals surface area contributed by atoms with Gasteiger partial charge in [-0.1, -0.05) is 13.0 Å². The molecule has 0 bridgehead atoms. The molecule has 7 nitrogen and oxygen atoms in total. The van der Waals surface area contributed by atoms with Crippen LogP contribution in [0.4, 0.5) is 10.1 Å². The molecule has 0 radical (unpaired) electrons. The Hall–Kier alpha value is -3.52. The van der Waals surface area contributed by atoms with Gasteiger partial charge in [0, 0.05) is 30.4 Å². The van der Waals surface area contributed by atoms with Gasteiger partial charge in [-0.25, -0.2) is 9.97 Å². The molecule has 33 heavy (non-hydrogen) atoms. The van der Waals surface area contributed by atoms with Gasteiger partial charge >= 0.3 is 0 Å². The number of nitrogens with zero attached hydrogens (tertiary/aromatic N) is 4. The molecule has 8 heteroatoms. The van der Waals surface area contributed by atoms with Gasteiger partial charge in [0.15, 0.2) is 0 Å². The molecular formula is C25H24FN5O2. The summed E-state index contributed by atoms with van der Waals surface area (Å²) in [5.74, 6) is 1.60. The molecule has 5 heterocycles. The number of hydrogen-bond donors (Lipinski definition) is 1. The monoisotopic (exact) mass is 445 g/mol. The molecule has 2 N–H and O–H groups in total. The van der Waals surface area contributed by atoms with Crippen LogP contribution >= 0.6 is 0 Å². The highest BCUT2D eigenvalue weighted by molar-refractivity contribution is 5.84. The highest BCUT2D eigenvalue weighted by Crippen LogP contribution is 2.51. The Morgan fingerprint density at radius 1 is 1.18 bits per heavy atom. The number of rotatable bonds is 2. The zero-order valence-corrected chi connectivity index (χ0v) is 18.3. The summed E-state index contributed by atoms with van der Waals surface area (Å²) in [6.07, 6.45) is 4.44. The van der Waals surface area contributed by atoms with E-state index in [1.54, 1.807) is 12.1 Å². The minimum Gasteiger partial charge on any atom is -0.438 e. The summed E-state index contributed by atoms with van der Waals surface area (Å²) in [6, 6.07) is 11.0. The van der Waals surface area contributed by atoms with Gasteiger partial charge in [-0.15, -0.1) is 0 Å². The second-order valence-corrected chi connectivity index (χ2v) is 9.00. The van der Waals surface area contributed by atoms with Crippen LogP contribution in [0, 0.1) is 11.9 Å². The van der Waals surface area contributed by atoms with Crippen LogP contribution in [0.2, 0.25) is 0 Å². The Morgan fingerprint density at radius 3 is 2.88 bits per heavy atom. The SMILES string of the molecule is CC1CCN(c2cnc3c(c2)C2(COCC(N)=N2)c2cc(-c4cccnc4F)ccc2O3)C1. The van der Waals surface area contributed by atoms with Gasteiger partial charge in [0.05, 0.1) is 24.1 Å². The summed E-state index contributed by atoms with van der Waals surface area (Å²) in [6.45, 7) is 4.78. The fourth-order valence-corrected chi connectivity index (χ4v) is 5.01.